The van der Waals surface area contributed by atoms with Gasteiger partial charge in [0.1, 0.15) is 22.0 Å². The van der Waals surface area contributed by atoms with Crippen LogP contribution >= 0.6 is 23.2 Å². The quantitative estimate of drug-likeness (QED) is 0.279. The molecule has 11 nitrogen and oxygen atoms in total. The van der Waals surface area contributed by atoms with Crippen LogP contribution in [0, 0.1) is 10.1 Å². The van der Waals surface area contributed by atoms with Crippen molar-refractivity contribution in [1.82, 2.24) is 25.1 Å². The molecule has 1 fully saturated rings. The summed E-state index contributed by atoms with van der Waals surface area (Å²) in [4.78, 5) is 32.9. The number of pyridine rings is 2. The number of nitrogens with one attached hydrogen (secondary N) is 1. The largest absolute Gasteiger partial charge is 0.456 e. The molecule has 0 aromatic carbocycles. The Morgan fingerprint density at radius 3 is 2.42 bits per heavy atom. The number of hydrazone groups is 1. The highest BCUT2D eigenvalue weighted by Crippen LogP contribution is 2.14. The van der Waals surface area contributed by atoms with Gasteiger partial charge < -0.3 is 19.9 Å². The fraction of sp³-hybridized carbons (Fsp3) is 0.300. The molecule has 1 N–H and O–H groups in total. The van der Waals surface area contributed by atoms with Gasteiger partial charge >= 0.3 is 5.97 Å². The standard InChI is InChI=1S/C11H11ClN2O2.C9H10ClN5O2/c1-14(9-4-11(15)16-7-9)6-8-2-3-10(12)13-5-8;10-8-2-1-7(5-12-8)6-14-4-3-11-9(14)13-15(16)17/h2-5H,6-7H2,1H3;1-2,5H,3-4,6H2,(H,11,13). The molecule has 2 aliphatic rings. The Kier molecular flexibility index (Phi) is 8.39. The van der Waals surface area contributed by atoms with Crippen molar-refractivity contribution in [2.24, 2.45) is 5.10 Å². The van der Waals surface area contributed by atoms with Gasteiger partial charge in [0.05, 0.1) is 5.70 Å². The van der Waals surface area contributed by atoms with E-state index in [4.69, 9.17) is 27.9 Å². The molecule has 0 unspecified atom stereocenters. The Morgan fingerprint density at radius 2 is 1.88 bits per heavy atom. The van der Waals surface area contributed by atoms with E-state index in [0.717, 1.165) is 16.8 Å². The topological polar surface area (TPSA) is 126 Å². The highest BCUT2D eigenvalue weighted by Gasteiger charge is 2.21. The highest BCUT2D eigenvalue weighted by atomic mass is 35.5. The van der Waals surface area contributed by atoms with E-state index in [1.54, 1.807) is 29.4 Å². The molecule has 0 bridgehead atoms. The van der Waals surface area contributed by atoms with Crippen LogP contribution < -0.4 is 5.32 Å². The molecule has 33 heavy (non-hydrogen) atoms. The van der Waals surface area contributed by atoms with Crippen molar-refractivity contribution in [3.8, 4) is 0 Å². The predicted octanol–water partition coefficient (Wildman–Crippen LogP) is 2.30. The maximum atomic E-state index is 10.9. The predicted molar refractivity (Wildman–Crippen MR) is 122 cm³/mol. The van der Waals surface area contributed by atoms with Gasteiger partial charge in [-0.1, -0.05) is 35.3 Å². The SMILES string of the molecule is CN(Cc1ccc(Cl)nc1)C1=CC(=O)OC1.O=[N+]([O-])/N=C1\NCCN1Cc1ccc(Cl)nc1. The summed E-state index contributed by atoms with van der Waals surface area (Å²) in [6, 6.07) is 7.17. The maximum Gasteiger partial charge on any atom is 0.333 e. The van der Waals surface area contributed by atoms with Crippen molar-refractivity contribution in [2.75, 3.05) is 26.7 Å². The van der Waals surface area contributed by atoms with Gasteiger partial charge in [-0.15, -0.1) is 0 Å². The number of hydrogen-bond donors (Lipinski definition) is 1. The Bertz CT molecular complexity index is 1050. The average molecular weight is 494 g/mol. The number of likely N-dealkylation sites (N-methyl/N-ethyl adjacent to an activating group) is 1. The lowest BCUT2D eigenvalue weighted by Gasteiger charge is -2.18. The van der Waals surface area contributed by atoms with Crippen LogP contribution in [0.5, 0.6) is 0 Å². The van der Waals surface area contributed by atoms with Crippen LogP contribution in [0.2, 0.25) is 10.3 Å². The lowest BCUT2D eigenvalue weighted by Crippen LogP contribution is -2.30. The van der Waals surface area contributed by atoms with Crippen LogP contribution in [-0.4, -0.2) is 63.5 Å². The molecule has 4 rings (SSSR count). The van der Waals surface area contributed by atoms with Crippen LogP contribution in [0.15, 0.2) is 53.5 Å². The molecule has 174 valence electrons. The first-order chi connectivity index (χ1) is 15.8. The number of guanidine groups is 1. The van der Waals surface area contributed by atoms with Gasteiger partial charge in [-0.25, -0.2) is 24.9 Å². The van der Waals surface area contributed by atoms with Crippen molar-refractivity contribution in [1.29, 1.82) is 0 Å². The zero-order chi connectivity index (χ0) is 23.8. The number of halogens is 2. The van der Waals surface area contributed by atoms with Crippen LogP contribution in [0.25, 0.3) is 0 Å². The third-order valence-electron chi connectivity index (χ3n) is 4.65. The molecule has 0 amide bonds. The molecule has 0 spiro atoms. The fourth-order valence-corrected chi connectivity index (χ4v) is 3.25. The number of nitrogens with zero attached hydrogens (tertiary/aromatic N) is 6. The number of ether oxygens (including phenoxy) is 1. The number of cyclic esters (lactones) is 1. The van der Waals surface area contributed by atoms with E-state index in [-0.39, 0.29) is 11.9 Å². The number of carbonyl (C=O) groups excluding carboxylic acids is 1. The molecule has 4 heterocycles. The summed E-state index contributed by atoms with van der Waals surface area (Å²) in [7, 11) is 1.91. The van der Waals surface area contributed by atoms with Crippen molar-refractivity contribution in [3.63, 3.8) is 0 Å². The molecule has 0 saturated carbocycles. The van der Waals surface area contributed by atoms with Gasteiger partial charge in [0.15, 0.2) is 5.03 Å². The van der Waals surface area contributed by atoms with Gasteiger partial charge in [0.2, 0.25) is 0 Å². The van der Waals surface area contributed by atoms with E-state index in [0.29, 0.717) is 43.1 Å². The van der Waals surface area contributed by atoms with E-state index < -0.39 is 5.03 Å². The van der Waals surface area contributed by atoms with Crippen LogP contribution in [-0.2, 0) is 22.6 Å². The number of hydrogen-bond acceptors (Lipinski definition) is 7. The van der Waals surface area contributed by atoms with E-state index in [1.165, 1.54) is 6.08 Å². The van der Waals surface area contributed by atoms with Gasteiger partial charge in [-0.2, -0.15) is 0 Å². The number of aromatic nitrogens is 2. The Morgan fingerprint density at radius 1 is 1.21 bits per heavy atom. The van der Waals surface area contributed by atoms with Crippen LogP contribution in [0.1, 0.15) is 11.1 Å². The minimum Gasteiger partial charge on any atom is -0.456 e. The number of nitro groups is 1. The fourth-order valence-electron chi connectivity index (χ4n) is 3.03. The van der Waals surface area contributed by atoms with Crippen molar-refractivity contribution in [2.45, 2.75) is 13.1 Å². The van der Waals surface area contributed by atoms with Crippen molar-refractivity contribution >= 4 is 35.1 Å². The average Bonchev–Trinajstić information content (AvgIpc) is 3.40. The second-order valence-electron chi connectivity index (χ2n) is 7.09. The van der Waals surface area contributed by atoms with Crippen LogP contribution in [0.3, 0.4) is 0 Å². The highest BCUT2D eigenvalue weighted by molar-refractivity contribution is 6.29. The smallest absolute Gasteiger partial charge is 0.333 e. The molecular weight excluding hydrogens is 473 g/mol. The number of esters is 1. The number of carbonyl (C=O) groups is 1. The third kappa shape index (κ3) is 7.58. The minimum atomic E-state index is -0.708. The zero-order valence-corrected chi connectivity index (χ0v) is 19.2. The Hall–Kier alpha value is -3.44. The first-order valence-corrected chi connectivity index (χ1v) is 10.6. The maximum absolute atomic E-state index is 10.9. The van der Waals surface area contributed by atoms with Gasteiger partial charge in [0, 0.05) is 51.7 Å². The summed E-state index contributed by atoms with van der Waals surface area (Å²) in [5.74, 6) is 0.000955. The second kappa shape index (κ2) is 11.4. The second-order valence-corrected chi connectivity index (χ2v) is 7.86. The summed E-state index contributed by atoms with van der Waals surface area (Å²) >= 11 is 11.4. The zero-order valence-electron chi connectivity index (χ0n) is 17.6. The molecule has 1 saturated heterocycles. The molecule has 13 heteroatoms. The molecule has 0 radical (unpaired) electrons. The van der Waals surface area contributed by atoms with E-state index in [1.807, 2.05) is 24.1 Å². The molecule has 0 atom stereocenters. The molecule has 2 aromatic rings. The van der Waals surface area contributed by atoms with Crippen molar-refractivity contribution < 1.29 is 14.6 Å². The lowest BCUT2D eigenvalue weighted by molar-refractivity contribution is -0.485. The third-order valence-corrected chi connectivity index (χ3v) is 5.10. The summed E-state index contributed by atoms with van der Waals surface area (Å²) in [6.45, 7) is 2.86. The number of rotatable bonds is 6. The first kappa shape index (κ1) is 24.2. The first-order valence-electron chi connectivity index (χ1n) is 9.81. The summed E-state index contributed by atoms with van der Waals surface area (Å²) < 4.78 is 4.83. The molecule has 2 aromatic heterocycles. The van der Waals surface area contributed by atoms with Gasteiger partial charge in [0.25, 0.3) is 5.96 Å². The summed E-state index contributed by atoms with van der Waals surface area (Å²) in [5, 5.41) is 16.6. The molecule has 2 aliphatic heterocycles. The van der Waals surface area contributed by atoms with E-state index >= 15 is 0 Å². The summed E-state index contributed by atoms with van der Waals surface area (Å²) in [6.07, 6.45) is 4.87. The van der Waals surface area contributed by atoms with Crippen LogP contribution in [0.4, 0.5) is 0 Å². The van der Waals surface area contributed by atoms with E-state index in [2.05, 4.69) is 20.4 Å². The Labute approximate surface area is 199 Å². The van der Waals surface area contributed by atoms with Gasteiger partial charge in [-0.05, 0) is 23.3 Å². The molecule has 0 aliphatic carbocycles. The minimum absolute atomic E-state index is 0.281. The van der Waals surface area contributed by atoms with Gasteiger partial charge in [-0.3, -0.25) is 0 Å². The van der Waals surface area contributed by atoms with Crippen molar-refractivity contribution in [3.05, 3.63) is 80.0 Å². The molecular formula is C20H21Cl2N7O4. The van der Waals surface area contributed by atoms with E-state index in [9.17, 15) is 14.9 Å². The Balaban J connectivity index is 0.000000186. The monoisotopic (exact) mass is 493 g/mol. The lowest BCUT2D eigenvalue weighted by atomic mass is 10.2. The summed E-state index contributed by atoms with van der Waals surface area (Å²) in [5.41, 5.74) is 2.83. The normalized spacial score (nSPS) is 16.0.